The standard InChI is InChI=1S/C16H19N5S/c1-10-18-15-12(9-14(17-2)20-16(15)21(10)3)19-11-7-5-6-8-13(11)22-4/h5-9H,1-4H3,(H2,17,19,20). The summed E-state index contributed by atoms with van der Waals surface area (Å²) < 4.78 is 2.00. The summed E-state index contributed by atoms with van der Waals surface area (Å²) in [6.07, 6.45) is 2.08. The van der Waals surface area contributed by atoms with Gasteiger partial charge in [0.25, 0.3) is 0 Å². The van der Waals surface area contributed by atoms with Gasteiger partial charge in [0.15, 0.2) is 5.65 Å². The van der Waals surface area contributed by atoms with E-state index in [1.807, 2.05) is 43.8 Å². The SMILES string of the molecule is CNc1cc(Nc2ccccc2SC)c2nc(C)n(C)c2n1. The number of anilines is 3. The largest absolute Gasteiger partial charge is 0.373 e. The molecule has 0 aliphatic carbocycles. The third-order valence-corrected chi connectivity index (χ3v) is 4.48. The highest BCUT2D eigenvalue weighted by Gasteiger charge is 2.13. The van der Waals surface area contributed by atoms with Gasteiger partial charge in [0.2, 0.25) is 0 Å². The van der Waals surface area contributed by atoms with Gasteiger partial charge < -0.3 is 15.2 Å². The molecule has 0 spiro atoms. The van der Waals surface area contributed by atoms with Crippen LogP contribution in [0.1, 0.15) is 5.82 Å². The van der Waals surface area contributed by atoms with Crippen molar-refractivity contribution in [3.63, 3.8) is 0 Å². The zero-order chi connectivity index (χ0) is 15.7. The van der Waals surface area contributed by atoms with E-state index in [4.69, 9.17) is 0 Å². The molecule has 1 aromatic carbocycles. The molecular formula is C16H19N5S. The van der Waals surface area contributed by atoms with Gasteiger partial charge in [-0.1, -0.05) is 12.1 Å². The second-order valence-electron chi connectivity index (χ2n) is 5.02. The highest BCUT2D eigenvalue weighted by molar-refractivity contribution is 7.98. The maximum atomic E-state index is 4.64. The number of aromatic nitrogens is 3. The molecule has 22 heavy (non-hydrogen) atoms. The van der Waals surface area contributed by atoms with Crippen molar-refractivity contribution in [3.05, 3.63) is 36.2 Å². The number of nitrogens with one attached hydrogen (secondary N) is 2. The summed E-state index contributed by atoms with van der Waals surface area (Å²) in [7, 11) is 3.85. The fraction of sp³-hybridized carbons (Fsp3) is 0.250. The van der Waals surface area contributed by atoms with Crippen LogP contribution in [0.15, 0.2) is 35.2 Å². The Labute approximate surface area is 134 Å². The Morgan fingerprint density at radius 2 is 1.91 bits per heavy atom. The summed E-state index contributed by atoms with van der Waals surface area (Å²) in [4.78, 5) is 10.4. The molecule has 0 atom stereocenters. The second kappa shape index (κ2) is 5.88. The number of thioether (sulfide) groups is 1. The fourth-order valence-electron chi connectivity index (χ4n) is 2.38. The van der Waals surface area contributed by atoms with Crippen LogP contribution < -0.4 is 10.6 Å². The van der Waals surface area contributed by atoms with E-state index < -0.39 is 0 Å². The number of benzene rings is 1. The minimum Gasteiger partial charge on any atom is -0.373 e. The Hall–Kier alpha value is -2.21. The molecule has 0 amide bonds. The minimum absolute atomic E-state index is 0.819. The van der Waals surface area contributed by atoms with Crippen LogP contribution in [0.5, 0.6) is 0 Å². The first-order valence-electron chi connectivity index (χ1n) is 7.06. The van der Waals surface area contributed by atoms with Crippen LogP contribution in [-0.4, -0.2) is 27.8 Å². The first kappa shape index (κ1) is 14.7. The topological polar surface area (TPSA) is 54.8 Å². The van der Waals surface area contributed by atoms with E-state index in [1.165, 1.54) is 4.90 Å². The molecule has 0 aliphatic heterocycles. The maximum absolute atomic E-state index is 4.64. The number of hydrogen-bond acceptors (Lipinski definition) is 5. The van der Waals surface area contributed by atoms with Gasteiger partial charge in [0, 0.05) is 25.1 Å². The van der Waals surface area contributed by atoms with Crippen molar-refractivity contribution in [3.8, 4) is 0 Å². The summed E-state index contributed by atoms with van der Waals surface area (Å²) >= 11 is 1.72. The van der Waals surface area contributed by atoms with Gasteiger partial charge in [-0.15, -0.1) is 11.8 Å². The van der Waals surface area contributed by atoms with E-state index in [0.29, 0.717) is 0 Å². The van der Waals surface area contributed by atoms with Gasteiger partial charge in [-0.2, -0.15) is 0 Å². The summed E-state index contributed by atoms with van der Waals surface area (Å²) in [5, 5.41) is 6.62. The van der Waals surface area contributed by atoms with Crippen LogP contribution in [0.2, 0.25) is 0 Å². The molecule has 0 radical (unpaired) electrons. The molecule has 0 unspecified atom stereocenters. The van der Waals surface area contributed by atoms with E-state index in [9.17, 15) is 0 Å². The maximum Gasteiger partial charge on any atom is 0.164 e. The van der Waals surface area contributed by atoms with Crippen LogP contribution in [0.3, 0.4) is 0 Å². The van der Waals surface area contributed by atoms with Gasteiger partial charge >= 0.3 is 0 Å². The highest BCUT2D eigenvalue weighted by Crippen LogP contribution is 2.32. The average molecular weight is 313 g/mol. The Kier molecular flexibility index (Phi) is 3.94. The fourth-order valence-corrected chi connectivity index (χ4v) is 2.93. The van der Waals surface area contributed by atoms with Gasteiger partial charge in [0.1, 0.15) is 17.2 Å². The number of aryl methyl sites for hydroxylation is 2. The van der Waals surface area contributed by atoms with Crippen LogP contribution >= 0.6 is 11.8 Å². The van der Waals surface area contributed by atoms with Gasteiger partial charge in [0.05, 0.1) is 11.4 Å². The number of fused-ring (bicyclic) bond motifs is 1. The predicted molar refractivity (Wildman–Crippen MR) is 94.3 cm³/mol. The van der Waals surface area contributed by atoms with Gasteiger partial charge in [-0.25, -0.2) is 9.97 Å². The van der Waals surface area contributed by atoms with Crippen LogP contribution in [-0.2, 0) is 7.05 Å². The van der Waals surface area contributed by atoms with Crippen molar-refractivity contribution < 1.29 is 0 Å². The Morgan fingerprint density at radius 1 is 1.14 bits per heavy atom. The normalized spacial score (nSPS) is 10.9. The lowest BCUT2D eigenvalue weighted by Gasteiger charge is -2.12. The number of nitrogens with zero attached hydrogens (tertiary/aromatic N) is 3. The first-order valence-corrected chi connectivity index (χ1v) is 8.28. The summed E-state index contributed by atoms with van der Waals surface area (Å²) in [5.41, 5.74) is 3.79. The molecule has 3 rings (SSSR count). The van der Waals surface area contributed by atoms with Crippen molar-refractivity contribution in [1.29, 1.82) is 0 Å². The van der Waals surface area contributed by atoms with Crippen molar-refractivity contribution >= 4 is 40.1 Å². The quantitative estimate of drug-likeness (QED) is 0.718. The zero-order valence-electron chi connectivity index (χ0n) is 13.1. The third-order valence-electron chi connectivity index (χ3n) is 3.68. The Balaban J connectivity index is 2.15. The number of para-hydroxylation sites is 1. The highest BCUT2D eigenvalue weighted by atomic mass is 32.2. The predicted octanol–water partition coefficient (Wildman–Crippen LogP) is 3.78. The van der Waals surface area contributed by atoms with Crippen molar-refractivity contribution in [1.82, 2.24) is 14.5 Å². The van der Waals surface area contributed by atoms with Crippen LogP contribution in [0.4, 0.5) is 17.2 Å². The van der Waals surface area contributed by atoms with Gasteiger partial charge in [-0.3, -0.25) is 0 Å². The van der Waals surface area contributed by atoms with Crippen molar-refractivity contribution in [2.24, 2.45) is 7.05 Å². The molecule has 0 aliphatic rings. The van der Waals surface area contributed by atoms with Crippen molar-refractivity contribution in [2.75, 3.05) is 23.9 Å². The van der Waals surface area contributed by atoms with E-state index in [0.717, 1.165) is 34.2 Å². The van der Waals surface area contributed by atoms with Crippen molar-refractivity contribution in [2.45, 2.75) is 11.8 Å². The van der Waals surface area contributed by atoms with Crippen LogP contribution in [0.25, 0.3) is 11.2 Å². The van der Waals surface area contributed by atoms with E-state index >= 15 is 0 Å². The summed E-state index contributed by atoms with van der Waals surface area (Å²) in [6.45, 7) is 1.99. The summed E-state index contributed by atoms with van der Waals surface area (Å²) in [5.74, 6) is 1.76. The first-order chi connectivity index (χ1) is 10.6. The Morgan fingerprint density at radius 3 is 2.64 bits per heavy atom. The average Bonchev–Trinajstić information content (AvgIpc) is 2.83. The Bertz CT molecular complexity index is 825. The molecule has 6 heteroatoms. The zero-order valence-corrected chi connectivity index (χ0v) is 14.0. The second-order valence-corrected chi connectivity index (χ2v) is 5.87. The molecule has 2 N–H and O–H groups in total. The molecule has 3 aromatic rings. The number of imidazole rings is 1. The monoisotopic (exact) mass is 313 g/mol. The molecule has 114 valence electrons. The number of rotatable bonds is 4. The lowest BCUT2D eigenvalue weighted by Crippen LogP contribution is -2.00. The molecular weight excluding hydrogens is 294 g/mol. The van der Waals surface area contributed by atoms with Gasteiger partial charge in [-0.05, 0) is 25.3 Å². The minimum atomic E-state index is 0.819. The molecule has 0 saturated carbocycles. The number of hydrogen-bond donors (Lipinski definition) is 2. The van der Waals surface area contributed by atoms with E-state index in [-0.39, 0.29) is 0 Å². The molecule has 0 saturated heterocycles. The number of pyridine rings is 1. The lowest BCUT2D eigenvalue weighted by atomic mass is 10.2. The molecule has 0 bridgehead atoms. The lowest BCUT2D eigenvalue weighted by molar-refractivity contribution is 0.874. The molecule has 0 fully saturated rings. The summed E-state index contributed by atoms with van der Waals surface area (Å²) in [6, 6.07) is 10.2. The smallest absolute Gasteiger partial charge is 0.164 e. The molecule has 2 heterocycles. The third kappa shape index (κ3) is 2.50. The van der Waals surface area contributed by atoms with E-state index in [2.05, 4.69) is 39.0 Å². The molecule has 5 nitrogen and oxygen atoms in total. The molecule has 2 aromatic heterocycles. The van der Waals surface area contributed by atoms with E-state index in [1.54, 1.807) is 11.8 Å². The van der Waals surface area contributed by atoms with Crippen LogP contribution in [0, 0.1) is 6.92 Å².